The molecule has 2 aromatic rings. The van der Waals surface area contributed by atoms with Crippen LogP contribution in [0.1, 0.15) is 36.8 Å². The largest absolute Gasteiger partial charge is 0.380 e. The van der Waals surface area contributed by atoms with Gasteiger partial charge in [-0.1, -0.05) is 24.3 Å². The second kappa shape index (κ2) is 6.32. The summed E-state index contributed by atoms with van der Waals surface area (Å²) >= 11 is 0. The van der Waals surface area contributed by atoms with E-state index in [-0.39, 0.29) is 5.91 Å². The van der Waals surface area contributed by atoms with Crippen LogP contribution >= 0.6 is 0 Å². The number of aliphatic hydroxyl groups is 1. The molecule has 0 bridgehead atoms. The Morgan fingerprint density at radius 3 is 2.82 bits per heavy atom. The van der Waals surface area contributed by atoms with Crippen LogP contribution in [0.15, 0.2) is 43.0 Å². The first kappa shape index (κ1) is 14.8. The fraction of sp³-hybridized carbons (Fsp3) is 0.412. The van der Waals surface area contributed by atoms with Gasteiger partial charge in [0, 0.05) is 25.5 Å². The zero-order chi connectivity index (χ0) is 15.4. The summed E-state index contributed by atoms with van der Waals surface area (Å²) in [5.41, 5.74) is 1.03. The highest BCUT2D eigenvalue weighted by atomic mass is 16.3. The highest BCUT2D eigenvalue weighted by Gasteiger charge is 2.38. The fourth-order valence-electron chi connectivity index (χ4n) is 2.96. The highest BCUT2D eigenvalue weighted by Crippen LogP contribution is 2.29. The van der Waals surface area contributed by atoms with Gasteiger partial charge >= 0.3 is 0 Å². The smallest absolute Gasteiger partial charge is 0.252 e. The standard InChI is InChI=1S/C17H21N3O2/c21-16(17(22)6-1-2-7-17)19-11-14-4-3-5-15(10-14)12-20-9-8-18-13-20/h3-5,8-10,13,22H,1-2,6-7,11-12H2,(H,19,21). The van der Waals surface area contributed by atoms with Crippen LogP contribution < -0.4 is 5.32 Å². The van der Waals surface area contributed by atoms with Gasteiger partial charge in [-0.25, -0.2) is 4.98 Å². The second-order valence-corrected chi connectivity index (χ2v) is 5.98. The molecule has 0 unspecified atom stereocenters. The minimum absolute atomic E-state index is 0.245. The summed E-state index contributed by atoms with van der Waals surface area (Å²) in [4.78, 5) is 16.1. The van der Waals surface area contributed by atoms with Gasteiger partial charge in [-0.2, -0.15) is 0 Å². The van der Waals surface area contributed by atoms with Gasteiger partial charge in [0.2, 0.25) is 0 Å². The second-order valence-electron chi connectivity index (χ2n) is 5.98. The molecule has 1 aliphatic rings. The van der Waals surface area contributed by atoms with E-state index >= 15 is 0 Å². The van der Waals surface area contributed by atoms with Gasteiger partial charge in [0.1, 0.15) is 5.60 Å². The Bertz CT molecular complexity index is 631. The van der Waals surface area contributed by atoms with Crippen LogP contribution in [0.4, 0.5) is 0 Å². The molecule has 0 spiro atoms. The van der Waals surface area contributed by atoms with Gasteiger partial charge in [0.05, 0.1) is 6.33 Å². The number of imidazole rings is 1. The molecule has 5 heteroatoms. The van der Waals surface area contributed by atoms with Crippen LogP contribution in [0, 0.1) is 0 Å². The first-order chi connectivity index (χ1) is 10.7. The lowest BCUT2D eigenvalue weighted by atomic mass is 10.0. The normalized spacial score (nSPS) is 16.6. The quantitative estimate of drug-likeness (QED) is 0.885. The number of aromatic nitrogens is 2. The molecular formula is C17H21N3O2. The van der Waals surface area contributed by atoms with Crippen molar-refractivity contribution in [1.29, 1.82) is 0 Å². The van der Waals surface area contributed by atoms with Crippen LogP contribution in [0.3, 0.4) is 0 Å². The summed E-state index contributed by atoms with van der Waals surface area (Å²) in [5, 5.41) is 13.1. The van der Waals surface area contributed by atoms with Crippen molar-refractivity contribution >= 4 is 5.91 Å². The Hall–Kier alpha value is -2.14. The minimum Gasteiger partial charge on any atom is -0.380 e. The van der Waals surface area contributed by atoms with Crippen molar-refractivity contribution < 1.29 is 9.90 Å². The van der Waals surface area contributed by atoms with E-state index in [4.69, 9.17) is 0 Å². The van der Waals surface area contributed by atoms with Gasteiger partial charge in [-0.3, -0.25) is 4.79 Å². The molecule has 1 fully saturated rings. The summed E-state index contributed by atoms with van der Waals surface area (Å²) < 4.78 is 2.00. The number of carbonyl (C=O) groups is 1. The lowest BCUT2D eigenvalue weighted by Gasteiger charge is -2.21. The van der Waals surface area contributed by atoms with E-state index < -0.39 is 5.60 Å². The van der Waals surface area contributed by atoms with Crippen LogP contribution in [-0.4, -0.2) is 26.2 Å². The third-order valence-electron chi connectivity index (χ3n) is 4.22. The molecule has 1 amide bonds. The number of benzene rings is 1. The summed E-state index contributed by atoms with van der Waals surface area (Å²) in [7, 11) is 0. The highest BCUT2D eigenvalue weighted by molar-refractivity contribution is 5.85. The van der Waals surface area contributed by atoms with Crippen molar-refractivity contribution in [3.8, 4) is 0 Å². The molecule has 1 heterocycles. The zero-order valence-electron chi connectivity index (χ0n) is 12.5. The number of carbonyl (C=O) groups excluding carboxylic acids is 1. The molecule has 1 saturated carbocycles. The maximum Gasteiger partial charge on any atom is 0.252 e. The number of hydrogen-bond acceptors (Lipinski definition) is 3. The SMILES string of the molecule is O=C(NCc1cccc(Cn2ccnc2)c1)C1(O)CCCC1. The molecule has 3 rings (SSSR count). The van der Waals surface area contributed by atoms with Crippen LogP contribution in [0.25, 0.3) is 0 Å². The predicted molar refractivity (Wildman–Crippen MR) is 83.0 cm³/mol. The van der Waals surface area contributed by atoms with E-state index in [0.29, 0.717) is 19.4 Å². The van der Waals surface area contributed by atoms with E-state index in [0.717, 1.165) is 30.5 Å². The summed E-state index contributed by atoms with van der Waals surface area (Å²) in [6.45, 7) is 1.20. The van der Waals surface area contributed by atoms with Gasteiger partial charge in [0.15, 0.2) is 0 Å². The molecular weight excluding hydrogens is 278 g/mol. The Morgan fingerprint density at radius 1 is 1.32 bits per heavy atom. The molecule has 116 valence electrons. The van der Waals surface area contributed by atoms with Crippen molar-refractivity contribution in [2.45, 2.75) is 44.4 Å². The lowest BCUT2D eigenvalue weighted by Crippen LogP contribution is -2.44. The number of rotatable bonds is 5. The van der Waals surface area contributed by atoms with E-state index in [9.17, 15) is 9.90 Å². The number of amides is 1. The Morgan fingerprint density at radius 2 is 2.09 bits per heavy atom. The monoisotopic (exact) mass is 299 g/mol. The first-order valence-corrected chi connectivity index (χ1v) is 7.70. The Labute approximate surface area is 130 Å². The summed E-state index contributed by atoms with van der Waals surface area (Å²) in [5.74, 6) is -0.245. The number of nitrogens with zero attached hydrogens (tertiary/aromatic N) is 2. The van der Waals surface area contributed by atoms with Crippen molar-refractivity contribution in [3.63, 3.8) is 0 Å². The maximum absolute atomic E-state index is 12.1. The van der Waals surface area contributed by atoms with E-state index in [1.165, 1.54) is 0 Å². The van der Waals surface area contributed by atoms with Gasteiger partial charge < -0.3 is 15.0 Å². The molecule has 1 aliphatic carbocycles. The van der Waals surface area contributed by atoms with E-state index in [1.807, 2.05) is 22.9 Å². The molecule has 0 radical (unpaired) electrons. The average Bonchev–Trinajstić information content (AvgIpc) is 3.18. The molecule has 5 nitrogen and oxygen atoms in total. The van der Waals surface area contributed by atoms with Gasteiger partial charge in [-0.05, 0) is 36.8 Å². The van der Waals surface area contributed by atoms with Gasteiger partial charge in [-0.15, -0.1) is 0 Å². The molecule has 0 aliphatic heterocycles. The molecule has 1 aromatic heterocycles. The average molecular weight is 299 g/mol. The fourth-order valence-corrected chi connectivity index (χ4v) is 2.96. The topological polar surface area (TPSA) is 67.2 Å². The summed E-state index contributed by atoms with van der Waals surface area (Å²) in [6.07, 6.45) is 8.44. The third kappa shape index (κ3) is 3.36. The molecule has 1 aromatic carbocycles. The van der Waals surface area contributed by atoms with Crippen LogP contribution in [0.2, 0.25) is 0 Å². The first-order valence-electron chi connectivity index (χ1n) is 7.70. The number of nitrogens with one attached hydrogen (secondary N) is 1. The lowest BCUT2D eigenvalue weighted by molar-refractivity contribution is -0.139. The molecule has 0 atom stereocenters. The van der Waals surface area contributed by atoms with Gasteiger partial charge in [0.25, 0.3) is 5.91 Å². The predicted octanol–water partition coefficient (Wildman–Crippen LogP) is 1.85. The maximum atomic E-state index is 12.1. The van der Waals surface area contributed by atoms with Crippen molar-refractivity contribution in [2.24, 2.45) is 0 Å². The van der Waals surface area contributed by atoms with E-state index in [2.05, 4.69) is 22.4 Å². The third-order valence-corrected chi connectivity index (χ3v) is 4.22. The molecule has 2 N–H and O–H groups in total. The Balaban J connectivity index is 1.59. The summed E-state index contributed by atoms with van der Waals surface area (Å²) in [6, 6.07) is 8.09. The van der Waals surface area contributed by atoms with Crippen molar-refractivity contribution in [3.05, 3.63) is 54.1 Å². The minimum atomic E-state index is -1.16. The Kier molecular flexibility index (Phi) is 4.24. The van der Waals surface area contributed by atoms with E-state index in [1.54, 1.807) is 12.5 Å². The molecule has 0 saturated heterocycles. The van der Waals surface area contributed by atoms with Crippen molar-refractivity contribution in [2.75, 3.05) is 0 Å². The van der Waals surface area contributed by atoms with Crippen LogP contribution in [-0.2, 0) is 17.9 Å². The zero-order valence-corrected chi connectivity index (χ0v) is 12.5. The van der Waals surface area contributed by atoms with Crippen molar-refractivity contribution in [1.82, 2.24) is 14.9 Å². The number of hydrogen-bond donors (Lipinski definition) is 2. The molecule has 22 heavy (non-hydrogen) atoms. The van der Waals surface area contributed by atoms with Crippen LogP contribution in [0.5, 0.6) is 0 Å².